The minimum Gasteiger partial charge on any atom is -0.349 e. The highest BCUT2D eigenvalue weighted by Gasteiger charge is 2.35. The van der Waals surface area contributed by atoms with E-state index >= 15 is 0 Å². The van der Waals surface area contributed by atoms with E-state index in [1.165, 1.54) is 26.8 Å². The van der Waals surface area contributed by atoms with Crippen LogP contribution in [0.3, 0.4) is 0 Å². The second kappa shape index (κ2) is 8.26. The van der Waals surface area contributed by atoms with E-state index in [4.69, 9.17) is 0 Å². The Morgan fingerprint density at radius 2 is 1.96 bits per heavy atom. The summed E-state index contributed by atoms with van der Waals surface area (Å²) in [7, 11) is -3.55. The first-order valence-corrected chi connectivity index (χ1v) is 12.6. The number of piperidine rings is 1. The first-order chi connectivity index (χ1) is 13.4. The molecule has 0 bridgehead atoms. The molecule has 28 heavy (non-hydrogen) atoms. The normalized spacial score (nSPS) is 23.2. The van der Waals surface area contributed by atoms with Crippen LogP contribution in [0.2, 0.25) is 0 Å². The average Bonchev–Trinajstić information content (AvgIpc) is 3.15. The number of sulfonamides is 1. The maximum absolute atomic E-state index is 13.0. The third-order valence-electron chi connectivity index (χ3n) is 5.58. The van der Waals surface area contributed by atoms with Gasteiger partial charge in [0.05, 0.1) is 15.7 Å². The van der Waals surface area contributed by atoms with E-state index < -0.39 is 10.0 Å². The highest BCUT2D eigenvalue weighted by Crippen LogP contribution is 2.32. The van der Waals surface area contributed by atoms with Crippen LogP contribution in [-0.2, 0) is 21.2 Å². The molecule has 2 heterocycles. The van der Waals surface area contributed by atoms with Gasteiger partial charge in [-0.3, -0.25) is 4.79 Å². The molecule has 1 amide bonds. The number of aryl methyl sites for hydroxylation is 1. The van der Waals surface area contributed by atoms with Crippen molar-refractivity contribution in [1.29, 1.82) is 0 Å². The molecule has 150 valence electrons. The van der Waals surface area contributed by atoms with Crippen LogP contribution in [0.25, 0.3) is 0 Å². The second-order valence-electron chi connectivity index (χ2n) is 7.41. The van der Waals surface area contributed by atoms with Gasteiger partial charge < -0.3 is 5.32 Å². The molecule has 1 aliphatic carbocycles. The molecule has 2 aromatic rings. The van der Waals surface area contributed by atoms with Gasteiger partial charge in [0.15, 0.2) is 0 Å². The molecule has 2 aliphatic rings. The number of fused-ring (bicyclic) bond motifs is 1. The Balaban J connectivity index is 1.46. The summed E-state index contributed by atoms with van der Waals surface area (Å²) in [5, 5.41) is 3.20. The minimum atomic E-state index is -3.55. The molecular weight excluding hydrogens is 460 g/mol. The van der Waals surface area contributed by atoms with Crippen molar-refractivity contribution in [3.63, 3.8) is 0 Å². The molecule has 0 saturated carbocycles. The third-order valence-corrected chi connectivity index (χ3v) is 9.54. The first-order valence-electron chi connectivity index (χ1n) is 9.59. The lowest BCUT2D eigenvalue weighted by atomic mass is 9.87. The molecule has 5 nitrogen and oxygen atoms in total. The predicted molar refractivity (Wildman–Crippen MR) is 114 cm³/mol. The predicted octanol–water partition coefficient (Wildman–Crippen LogP) is 4.11. The van der Waals surface area contributed by atoms with Gasteiger partial charge in [0, 0.05) is 13.1 Å². The molecule has 1 fully saturated rings. The Kier molecular flexibility index (Phi) is 5.92. The number of carbonyl (C=O) groups is 1. The molecule has 1 aliphatic heterocycles. The van der Waals surface area contributed by atoms with E-state index in [1.807, 2.05) is 12.1 Å². The Bertz CT molecular complexity index is 973. The Morgan fingerprint density at radius 3 is 2.75 bits per heavy atom. The monoisotopic (exact) mass is 482 g/mol. The van der Waals surface area contributed by atoms with E-state index in [1.54, 1.807) is 12.1 Å². The van der Waals surface area contributed by atoms with Gasteiger partial charge >= 0.3 is 0 Å². The third kappa shape index (κ3) is 4.06. The summed E-state index contributed by atoms with van der Waals surface area (Å²) in [6, 6.07) is 11.7. The molecule has 1 saturated heterocycles. The van der Waals surface area contributed by atoms with E-state index in [0.717, 1.165) is 29.5 Å². The lowest BCUT2D eigenvalue weighted by molar-refractivity contribution is -0.127. The topological polar surface area (TPSA) is 66.5 Å². The lowest BCUT2D eigenvalue weighted by Crippen LogP contribution is -2.46. The van der Waals surface area contributed by atoms with Crippen LogP contribution in [0.1, 0.15) is 42.9 Å². The molecule has 1 aromatic carbocycles. The van der Waals surface area contributed by atoms with Gasteiger partial charge in [-0.2, -0.15) is 4.31 Å². The van der Waals surface area contributed by atoms with E-state index in [0.29, 0.717) is 17.2 Å². The zero-order chi connectivity index (χ0) is 19.7. The number of nitrogens with one attached hydrogen (secondary N) is 1. The first kappa shape index (κ1) is 20.1. The van der Waals surface area contributed by atoms with Crippen molar-refractivity contribution in [2.24, 2.45) is 5.92 Å². The van der Waals surface area contributed by atoms with Crippen LogP contribution in [0.5, 0.6) is 0 Å². The lowest BCUT2D eigenvalue weighted by Gasteiger charge is -2.33. The molecule has 0 radical (unpaired) electrons. The van der Waals surface area contributed by atoms with Gasteiger partial charge in [0.1, 0.15) is 4.21 Å². The van der Waals surface area contributed by atoms with Crippen LogP contribution in [0.4, 0.5) is 0 Å². The van der Waals surface area contributed by atoms with Crippen LogP contribution < -0.4 is 5.32 Å². The summed E-state index contributed by atoms with van der Waals surface area (Å²) in [6.07, 6.45) is 4.46. The number of amides is 1. The van der Waals surface area contributed by atoms with E-state index in [-0.39, 0.29) is 24.4 Å². The van der Waals surface area contributed by atoms with Crippen molar-refractivity contribution < 1.29 is 13.2 Å². The number of thiophene rings is 1. The van der Waals surface area contributed by atoms with Crippen molar-refractivity contribution in [3.8, 4) is 0 Å². The van der Waals surface area contributed by atoms with E-state index in [9.17, 15) is 13.2 Å². The summed E-state index contributed by atoms with van der Waals surface area (Å²) in [5.74, 6) is -0.338. The average molecular weight is 483 g/mol. The summed E-state index contributed by atoms with van der Waals surface area (Å²) >= 11 is 4.53. The number of hydrogen-bond acceptors (Lipinski definition) is 4. The van der Waals surface area contributed by atoms with Crippen LogP contribution >= 0.6 is 27.3 Å². The van der Waals surface area contributed by atoms with Crippen LogP contribution in [-0.4, -0.2) is 31.7 Å². The molecule has 4 rings (SSSR count). The number of nitrogens with zero attached hydrogens (tertiary/aromatic N) is 1. The fourth-order valence-corrected chi connectivity index (χ4v) is 7.82. The Morgan fingerprint density at radius 1 is 1.14 bits per heavy atom. The quantitative estimate of drug-likeness (QED) is 0.712. The van der Waals surface area contributed by atoms with Crippen molar-refractivity contribution >= 4 is 43.2 Å². The number of hydrogen-bond donors (Lipinski definition) is 1. The maximum atomic E-state index is 13.0. The molecule has 8 heteroatoms. The number of halogens is 1. The number of benzene rings is 1. The zero-order valence-electron chi connectivity index (χ0n) is 15.4. The van der Waals surface area contributed by atoms with Crippen LogP contribution in [0.15, 0.2) is 44.4 Å². The molecule has 2 atom stereocenters. The molecule has 0 unspecified atom stereocenters. The van der Waals surface area contributed by atoms with Crippen molar-refractivity contribution in [2.45, 2.75) is 42.4 Å². The van der Waals surface area contributed by atoms with Gasteiger partial charge in [0.2, 0.25) is 5.91 Å². The second-order valence-corrected chi connectivity index (χ2v) is 12.0. The summed E-state index contributed by atoms with van der Waals surface area (Å²) in [5.41, 5.74) is 2.50. The fourth-order valence-electron chi connectivity index (χ4n) is 4.13. The SMILES string of the molecule is O=C(N[C@@H]1CCCc2ccccc21)[C@H]1CCCN(S(=O)(=O)c2ccc(Br)s2)C1. The van der Waals surface area contributed by atoms with Gasteiger partial charge in [-0.15, -0.1) is 11.3 Å². The van der Waals surface area contributed by atoms with Crippen molar-refractivity contribution in [1.82, 2.24) is 9.62 Å². The molecule has 1 N–H and O–H groups in total. The highest BCUT2D eigenvalue weighted by atomic mass is 79.9. The Labute approximate surface area is 178 Å². The largest absolute Gasteiger partial charge is 0.349 e. The van der Waals surface area contributed by atoms with Crippen LogP contribution in [0, 0.1) is 5.92 Å². The molecule has 1 aromatic heterocycles. The van der Waals surface area contributed by atoms with Gasteiger partial charge in [-0.25, -0.2) is 8.42 Å². The smallest absolute Gasteiger partial charge is 0.252 e. The van der Waals surface area contributed by atoms with Gasteiger partial charge in [-0.1, -0.05) is 24.3 Å². The van der Waals surface area contributed by atoms with E-state index in [2.05, 4.69) is 33.4 Å². The maximum Gasteiger partial charge on any atom is 0.252 e. The Hall–Kier alpha value is -1.22. The minimum absolute atomic E-state index is 0.0256. The highest BCUT2D eigenvalue weighted by molar-refractivity contribution is 9.11. The summed E-state index contributed by atoms with van der Waals surface area (Å²) in [4.78, 5) is 13.0. The number of rotatable bonds is 4. The van der Waals surface area contributed by atoms with Crippen molar-refractivity contribution in [2.75, 3.05) is 13.1 Å². The van der Waals surface area contributed by atoms with Gasteiger partial charge in [-0.05, 0) is 71.3 Å². The molecular formula is C20H23BrN2O3S2. The zero-order valence-corrected chi connectivity index (χ0v) is 18.7. The van der Waals surface area contributed by atoms with Gasteiger partial charge in [0.25, 0.3) is 10.0 Å². The summed E-state index contributed by atoms with van der Waals surface area (Å²) in [6.45, 7) is 0.714. The molecule has 0 spiro atoms. The fraction of sp³-hybridized carbons (Fsp3) is 0.450. The van der Waals surface area contributed by atoms with Crippen molar-refractivity contribution in [3.05, 3.63) is 51.3 Å². The summed E-state index contributed by atoms with van der Waals surface area (Å²) < 4.78 is 28.4. The standard InChI is InChI=1S/C20H23BrN2O3S2/c21-18-10-11-19(27-18)28(25,26)23-12-4-7-15(13-23)20(24)22-17-9-3-6-14-5-1-2-8-16(14)17/h1-2,5,8,10-11,15,17H,3-4,6-7,9,12-13H2,(H,22,24)/t15-,17+/m0/s1. The number of carbonyl (C=O) groups excluding carboxylic acids is 1.